The molecule has 0 aliphatic heterocycles. The van der Waals surface area contributed by atoms with E-state index in [4.69, 9.17) is 9.84 Å². The van der Waals surface area contributed by atoms with Crippen LogP contribution in [0.5, 0.6) is 5.75 Å². The van der Waals surface area contributed by atoms with Gasteiger partial charge in [-0.2, -0.15) is 0 Å². The summed E-state index contributed by atoms with van der Waals surface area (Å²) in [6.07, 6.45) is 0. The Hall–Kier alpha value is -2.89. The number of carboxylic acids is 1. The maximum atomic E-state index is 12.0. The number of esters is 1. The number of carbonyl (C=O) groups excluding carboxylic acids is 2. The topological polar surface area (TPSA) is 92.7 Å². The second-order valence-electron chi connectivity index (χ2n) is 4.37. The largest absolute Gasteiger partial charge is 0.480 e. The Bertz CT molecular complexity index is 723. The molecule has 0 aliphatic carbocycles. The van der Waals surface area contributed by atoms with Gasteiger partial charge in [0.05, 0.1) is 5.56 Å². The van der Waals surface area contributed by atoms with Crippen LogP contribution in [-0.2, 0) is 9.59 Å². The van der Waals surface area contributed by atoms with Gasteiger partial charge in [-0.25, -0.2) is 0 Å². The summed E-state index contributed by atoms with van der Waals surface area (Å²) >= 11 is 0. The fourth-order valence-corrected chi connectivity index (χ4v) is 1.89. The van der Waals surface area contributed by atoms with Crippen molar-refractivity contribution in [2.45, 2.75) is 6.92 Å². The number of hydrogen-bond acceptors (Lipinski definition) is 4. The van der Waals surface area contributed by atoms with Gasteiger partial charge in [-0.05, 0) is 22.9 Å². The molecule has 2 aromatic rings. The second-order valence-corrected chi connectivity index (χ2v) is 4.37. The molecule has 21 heavy (non-hydrogen) atoms. The molecule has 0 aromatic heterocycles. The van der Waals surface area contributed by atoms with Crippen molar-refractivity contribution < 1.29 is 24.2 Å². The van der Waals surface area contributed by atoms with Crippen LogP contribution in [0, 0.1) is 0 Å². The number of nitrogens with one attached hydrogen (secondary N) is 1. The number of carbonyl (C=O) groups is 3. The smallest absolute Gasteiger partial charge is 0.322 e. The SMILES string of the molecule is CC(=O)Oc1cc2ccccc2cc1C(=O)NCC(=O)O. The van der Waals surface area contributed by atoms with Crippen LogP contribution in [0.25, 0.3) is 10.8 Å². The van der Waals surface area contributed by atoms with Gasteiger partial charge in [0.1, 0.15) is 12.3 Å². The van der Waals surface area contributed by atoms with Gasteiger partial charge >= 0.3 is 11.9 Å². The van der Waals surface area contributed by atoms with Crippen molar-refractivity contribution in [1.82, 2.24) is 5.32 Å². The van der Waals surface area contributed by atoms with Crippen molar-refractivity contribution in [2.75, 3.05) is 6.54 Å². The molecule has 0 radical (unpaired) electrons. The van der Waals surface area contributed by atoms with E-state index in [1.165, 1.54) is 6.92 Å². The highest BCUT2D eigenvalue weighted by atomic mass is 16.5. The van der Waals surface area contributed by atoms with E-state index < -0.39 is 24.4 Å². The minimum absolute atomic E-state index is 0.101. The van der Waals surface area contributed by atoms with E-state index in [2.05, 4.69) is 5.32 Å². The zero-order valence-corrected chi connectivity index (χ0v) is 11.3. The first-order valence-electron chi connectivity index (χ1n) is 6.18. The monoisotopic (exact) mass is 287 g/mol. The Morgan fingerprint density at radius 1 is 1.14 bits per heavy atom. The summed E-state index contributed by atoms with van der Waals surface area (Å²) in [7, 11) is 0. The molecule has 0 aliphatic rings. The van der Waals surface area contributed by atoms with Crippen LogP contribution in [0.15, 0.2) is 36.4 Å². The zero-order chi connectivity index (χ0) is 15.4. The quantitative estimate of drug-likeness (QED) is 0.658. The lowest BCUT2D eigenvalue weighted by Gasteiger charge is -2.10. The fraction of sp³-hybridized carbons (Fsp3) is 0.133. The van der Waals surface area contributed by atoms with Gasteiger partial charge in [0.15, 0.2) is 0 Å². The third kappa shape index (κ3) is 3.56. The van der Waals surface area contributed by atoms with E-state index >= 15 is 0 Å². The van der Waals surface area contributed by atoms with Gasteiger partial charge in [0.25, 0.3) is 5.91 Å². The molecule has 2 aromatic carbocycles. The summed E-state index contributed by atoms with van der Waals surface area (Å²) in [6, 6.07) is 10.4. The fourth-order valence-electron chi connectivity index (χ4n) is 1.89. The zero-order valence-electron chi connectivity index (χ0n) is 11.3. The molecular formula is C15H13NO5. The summed E-state index contributed by atoms with van der Waals surface area (Å²) in [4.78, 5) is 33.7. The molecule has 0 fully saturated rings. The molecule has 6 heteroatoms. The third-order valence-corrected chi connectivity index (χ3v) is 2.75. The first-order valence-corrected chi connectivity index (χ1v) is 6.18. The lowest BCUT2D eigenvalue weighted by Crippen LogP contribution is -2.29. The van der Waals surface area contributed by atoms with Gasteiger partial charge in [-0.15, -0.1) is 0 Å². The molecule has 0 saturated carbocycles. The number of fused-ring (bicyclic) bond motifs is 1. The molecule has 0 unspecified atom stereocenters. The maximum absolute atomic E-state index is 12.0. The Labute approximate surface area is 120 Å². The number of aliphatic carboxylic acids is 1. The van der Waals surface area contributed by atoms with E-state index in [0.29, 0.717) is 0 Å². The number of carboxylic acid groups (broad SMARTS) is 1. The van der Waals surface area contributed by atoms with Crippen LogP contribution in [0.4, 0.5) is 0 Å². The number of hydrogen-bond donors (Lipinski definition) is 2. The molecule has 6 nitrogen and oxygen atoms in total. The van der Waals surface area contributed by atoms with E-state index in [1.54, 1.807) is 18.2 Å². The minimum Gasteiger partial charge on any atom is -0.480 e. The van der Waals surface area contributed by atoms with Crippen LogP contribution >= 0.6 is 0 Å². The summed E-state index contributed by atoms with van der Waals surface area (Å²) in [5, 5.41) is 12.4. The molecule has 0 spiro atoms. The van der Waals surface area contributed by atoms with Crippen molar-refractivity contribution >= 4 is 28.6 Å². The predicted octanol–water partition coefficient (Wildman–Crippen LogP) is 1.58. The molecule has 0 bridgehead atoms. The maximum Gasteiger partial charge on any atom is 0.322 e. The van der Waals surface area contributed by atoms with E-state index in [1.807, 2.05) is 18.2 Å². The predicted molar refractivity (Wildman–Crippen MR) is 75.2 cm³/mol. The van der Waals surface area contributed by atoms with E-state index in [-0.39, 0.29) is 11.3 Å². The van der Waals surface area contributed by atoms with Gasteiger partial charge in [-0.1, -0.05) is 24.3 Å². The normalized spacial score (nSPS) is 10.1. The van der Waals surface area contributed by atoms with Crippen molar-refractivity contribution in [3.63, 3.8) is 0 Å². The van der Waals surface area contributed by atoms with Crippen molar-refractivity contribution in [3.05, 3.63) is 42.0 Å². The molecular weight excluding hydrogens is 274 g/mol. The highest BCUT2D eigenvalue weighted by molar-refractivity contribution is 6.03. The number of rotatable bonds is 4. The van der Waals surface area contributed by atoms with Crippen LogP contribution in [0.3, 0.4) is 0 Å². The Kier molecular flexibility index (Phi) is 4.18. The van der Waals surface area contributed by atoms with Gasteiger partial charge in [-0.3, -0.25) is 14.4 Å². The highest BCUT2D eigenvalue weighted by Gasteiger charge is 2.16. The Balaban J connectivity index is 2.45. The lowest BCUT2D eigenvalue weighted by atomic mass is 10.1. The van der Waals surface area contributed by atoms with Gasteiger partial charge in [0.2, 0.25) is 0 Å². The summed E-state index contributed by atoms with van der Waals surface area (Å²) in [5.41, 5.74) is 0.116. The molecule has 0 atom stereocenters. The van der Waals surface area contributed by atoms with Gasteiger partial charge < -0.3 is 15.2 Å². The van der Waals surface area contributed by atoms with Crippen molar-refractivity contribution in [1.29, 1.82) is 0 Å². The number of amides is 1. The summed E-state index contributed by atoms with van der Waals surface area (Å²) in [5.74, 6) is -2.22. The van der Waals surface area contributed by atoms with Crippen LogP contribution < -0.4 is 10.1 Å². The van der Waals surface area contributed by atoms with Gasteiger partial charge in [0, 0.05) is 6.92 Å². The number of benzene rings is 2. The lowest BCUT2D eigenvalue weighted by molar-refractivity contribution is -0.136. The Morgan fingerprint density at radius 2 is 1.76 bits per heavy atom. The van der Waals surface area contributed by atoms with Crippen LogP contribution in [-0.4, -0.2) is 29.5 Å². The first kappa shape index (κ1) is 14.5. The summed E-state index contributed by atoms with van der Waals surface area (Å²) < 4.78 is 5.03. The van der Waals surface area contributed by atoms with E-state index in [9.17, 15) is 14.4 Å². The molecule has 0 heterocycles. The Morgan fingerprint density at radius 3 is 2.33 bits per heavy atom. The molecule has 0 saturated heterocycles. The standard InChI is InChI=1S/C15H13NO5/c1-9(17)21-13-7-11-5-3-2-4-10(11)6-12(13)15(20)16-8-14(18)19/h2-7H,8H2,1H3,(H,16,20)(H,18,19). The molecule has 108 valence electrons. The van der Waals surface area contributed by atoms with Crippen molar-refractivity contribution in [2.24, 2.45) is 0 Å². The van der Waals surface area contributed by atoms with Crippen molar-refractivity contribution in [3.8, 4) is 5.75 Å². The molecule has 2 N–H and O–H groups in total. The molecule has 1 amide bonds. The average molecular weight is 287 g/mol. The minimum atomic E-state index is -1.15. The van der Waals surface area contributed by atoms with E-state index in [0.717, 1.165) is 10.8 Å². The average Bonchev–Trinajstić information content (AvgIpc) is 2.43. The number of ether oxygens (including phenoxy) is 1. The van der Waals surface area contributed by atoms with Crippen LogP contribution in [0.1, 0.15) is 17.3 Å². The highest BCUT2D eigenvalue weighted by Crippen LogP contribution is 2.26. The van der Waals surface area contributed by atoms with Crippen LogP contribution in [0.2, 0.25) is 0 Å². The molecule has 2 rings (SSSR count). The second kappa shape index (κ2) is 6.04. The summed E-state index contributed by atoms with van der Waals surface area (Å²) in [6.45, 7) is 0.722. The first-order chi connectivity index (χ1) is 9.97. The third-order valence-electron chi connectivity index (χ3n) is 2.75.